The zero-order chi connectivity index (χ0) is 13.7. The predicted octanol–water partition coefficient (Wildman–Crippen LogP) is 3.05. The van der Waals surface area contributed by atoms with Crippen LogP contribution < -0.4 is 0 Å². The lowest BCUT2D eigenvalue weighted by Gasteiger charge is -2.17. The molecule has 2 rings (SSSR count). The summed E-state index contributed by atoms with van der Waals surface area (Å²) >= 11 is 5.70. The third-order valence-electron chi connectivity index (χ3n) is 2.90. The summed E-state index contributed by atoms with van der Waals surface area (Å²) in [7, 11) is 1.79. The fourth-order valence-electron chi connectivity index (χ4n) is 1.77. The number of hydrogen-bond acceptors (Lipinski definition) is 2. The SMILES string of the molecule is CN(CCc1ccccc1)C(=O)c1ccc(Cl)nc1. The van der Waals surface area contributed by atoms with E-state index in [1.54, 1.807) is 24.1 Å². The van der Waals surface area contributed by atoms with Gasteiger partial charge in [-0.15, -0.1) is 0 Å². The molecule has 0 saturated heterocycles. The first kappa shape index (κ1) is 13.6. The van der Waals surface area contributed by atoms with E-state index in [0.29, 0.717) is 17.3 Å². The molecule has 0 aliphatic heterocycles. The number of amides is 1. The van der Waals surface area contributed by atoms with E-state index in [-0.39, 0.29) is 5.91 Å². The lowest BCUT2D eigenvalue weighted by Crippen LogP contribution is -2.28. The largest absolute Gasteiger partial charge is 0.341 e. The molecule has 1 heterocycles. The summed E-state index contributed by atoms with van der Waals surface area (Å²) in [5.74, 6) is -0.0416. The summed E-state index contributed by atoms with van der Waals surface area (Å²) in [5.41, 5.74) is 1.77. The molecular formula is C15H15ClN2O. The van der Waals surface area contributed by atoms with Crippen molar-refractivity contribution in [2.45, 2.75) is 6.42 Å². The van der Waals surface area contributed by atoms with Crippen molar-refractivity contribution in [1.82, 2.24) is 9.88 Å². The molecule has 1 amide bonds. The van der Waals surface area contributed by atoms with Crippen molar-refractivity contribution < 1.29 is 4.79 Å². The molecule has 0 radical (unpaired) electrons. The molecule has 19 heavy (non-hydrogen) atoms. The summed E-state index contributed by atoms with van der Waals surface area (Å²) in [6.07, 6.45) is 2.34. The molecule has 1 aromatic heterocycles. The van der Waals surface area contributed by atoms with Crippen molar-refractivity contribution in [3.8, 4) is 0 Å². The Balaban J connectivity index is 1.94. The number of hydrogen-bond donors (Lipinski definition) is 0. The van der Waals surface area contributed by atoms with Crippen LogP contribution in [0, 0.1) is 0 Å². The van der Waals surface area contributed by atoms with Gasteiger partial charge in [-0.2, -0.15) is 0 Å². The van der Waals surface area contributed by atoms with Crippen molar-refractivity contribution in [2.24, 2.45) is 0 Å². The van der Waals surface area contributed by atoms with Gasteiger partial charge >= 0.3 is 0 Å². The van der Waals surface area contributed by atoms with Crippen molar-refractivity contribution in [2.75, 3.05) is 13.6 Å². The van der Waals surface area contributed by atoms with E-state index in [1.165, 1.54) is 11.8 Å². The van der Waals surface area contributed by atoms with Crippen LogP contribution in [0.5, 0.6) is 0 Å². The molecule has 0 aliphatic rings. The number of halogens is 1. The van der Waals surface area contributed by atoms with Gasteiger partial charge in [0, 0.05) is 19.8 Å². The Morgan fingerprint density at radius 1 is 1.21 bits per heavy atom. The van der Waals surface area contributed by atoms with Crippen LogP contribution in [0.4, 0.5) is 0 Å². The summed E-state index contributed by atoms with van der Waals surface area (Å²) in [6.45, 7) is 0.672. The summed E-state index contributed by atoms with van der Waals surface area (Å²) < 4.78 is 0. The van der Waals surface area contributed by atoms with Gasteiger partial charge in [0.25, 0.3) is 5.91 Å². The Bertz CT molecular complexity index is 540. The molecule has 0 N–H and O–H groups in total. The molecule has 3 nitrogen and oxygen atoms in total. The number of pyridine rings is 1. The van der Waals surface area contributed by atoms with Crippen molar-refractivity contribution >= 4 is 17.5 Å². The second kappa shape index (κ2) is 6.34. The summed E-state index contributed by atoms with van der Waals surface area (Å²) in [6, 6.07) is 13.4. The minimum Gasteiger partial charge on any atom is -0.341 e. The molecule has 0 saturated carbocycles. The van der Waals surface area contributed by atoms with Gasteiger partial charge in [-0.25, -0.2) is 4.98 Å². The molecular weight excluding hydrogens is 260 g/mol. The maximum absolute atomic E-state index is 12.1. The summed E-state index contributed by atoms with van der Waals surface area (Å²) in [4.78, 5) is 17.7. The third-order valence-corrected chi connectivity index (χ3v) is 3.12. The third kappa shape index (κ3) is 3.80. The Morgan fingerprint density at radius 2 is 1.95 bits per heavy atom. The number of nitrogens with zero attached hydrogens (tertiary/aromatic N) is 2. The van der Waals surface area contributed by atoms with Crippen LogP contribution in [-0.4, -0.2) is 29.4 Å². The Morgan fingerprint density at radius 3 is 2.58 bits per heavy atom. The Hall–Kier alpha value is -1.87. The number of benzene rings is 1. The van der Waals surface area contributed by atoms with Gasteiger partial charge < -0.3 is 4.90 Å². The highest BCUT2D eigenvalue weighted by Crippen LogP contribution is 2.08. The number of carbonyl (C=O) groups excluding carboxylic acids is 1. The maximum Gasteiger partial charge on any atom is 0.255 e. The molecule has 1 aromatic carbocycles. The monoisotopic (exact) mass is 274 g/mol. The van der Waals surface area contributed by atoms with Gasteiger partial charge in [-0.1, -0.05) is 41.9 Å². The van der Waals surface area contributed by atoms with Crippen molar-refractivity contribution in [3.05, 3.63) is 64.9 Å². The number of rotatable bonds is 4. The molecule has 0 unspecified atom stereocenters. The molecule has 0 spiro atoms. The van der Waals surface area contributed by atoms with E-state index in [4.69, 9.17) is 11.6 Å². The quantitative estimate of drug-likeness (QED) is 0.803. The number of likely N-dealkylation sites (N-methyl/N-ethyl adjacent to an activating group) is 1. The molecule has 98 valence electrons. The molecule has 0 fully saturated rings. The lowest BCUT2D eigenvalue weighted by atomic mass is 10.1. The second-order valence-corrected chi connectivity index (χ2v) is 4.72. The number of aromatic nitrogens is 1. The standard InChI is InChI=1S/C15H15ClN2O/c1-18(10-9-12-5-3-2-4-6-12)15(19)13-7-8-14(16)17-11-13/h2-8,11H,9-10H2,1H3. The maximum atomic E-state index is 12.1. The van der Waals surface area contributed by atoms with Crippen LogP contribution in [0.15, 0.2) is 48.7 Å². The summed E-state index contributed by atoms with van der Waals surface area (Å²) in [5, 5.41) is 0.392. The van der Waals surface area contributed by atoms with E-state index in [2.05, 4.69) is 17.1 Å². The predicted molar refractivity (Wildman–Crippen MR) is 76.4 cm³/mol. The van der Waals surface area contributed by atoms with Crippen LogP contribution in [-0.2, 0) is 6.42 Å². The van der Waals surface area contributed by atoms with Gasteiger partial charge in [0.2, 0.25) is 0 Å². The topological polar surface area (TPSA) is 33.2 Å². The second-order valence-electron chi connectivity index (χ2n) is 4.33. The van der Waals surface area contributed by atoms with Gasteiger partial charge in [0.15, 0.2) is 0 Å². The van der Waals surface area contributed by atoms with Crippen LogP contribution >= 0.6 is 11.6 Å². The Kier molecular flexibility index (Phi) is 4.53. The van der Waals surface area contributed by atoms with E-state index in [9.17, 15) is 4.79 Å². The Labute approximate surface area is 117 Å². The molecule has 0 atom stereocenters. The lowest BCUT2D eigenvalue weighted by molar-refractivity contribution is 0.0796. The van der Waals surface area contributed by atoms with Gasteiger partial charge in [0.1, 0.15) is 5.15 Å². The van der Waals surface area contributed by atoms with Gasteiger partial charge in [-0.05, 0) is 24.1 Å². The average molecular weight is 275 g/mol. The van der Waals surface area contributed by atoms with Crippen LogP contribution in [0.3, 0.4) is 0 Å². The minimum absolute atomic E-state index is 0.0416. The van der Waals surface area contributed by atoms with Crippen molar-refractivity contribution in [3.63, 3.8) is 0 Å². The van der Waals surface area contributed by atoms with Gasteiger partial charge in [0.05, 0.1) is 5.56 Å². The molecule has 4 heteroatoms. The van der Waals surface area contributed by atoms with Gasteiger partial charge in [-0.3, -0.25) is 4.79 Å². The average Bonchev–Trinajstić information content (AvgIpc) is 2.46. The zero-order valence-corrected chi connectivity index (χ0v) is 11.5. The van der Waals surface area contributed by atoms with E-state index < -0.39 is 0 Å². The van der Waals surface area contributed by atoms with E-state index >= 15 is 0 Å². The fourth-order valence-corrected chi connectivity index (χ4v) is 1.88. The first-order chi connectivity index (χ1) is 9.16. The van der Waals surface area contributed by atoms with E-state index in [0.717, 1.165) is 6.42 Å². The minimum atomic E-state index is -0.0416. The molecule has 0 bridgehead atoms. The smallest absolute Gasteiger partial charge is 0.255 e. The van der Waals surface area contributed by atoms with Crippen LogP contribution in [0.2, 0.25) is 5.15 Å². The highest BCUT2D eigenvalue weighted by molar-refractivity contribution is 6.29. The van der Waals surface area contributed by atoms with Crippen molar-refractivity contribution in [1.29, 1.82) is 0 Å². The first-order valence-corrected chi connectivity index (χ1v) is 6.45. The fraction of sp³-hybridized carbons (Fsp3) is 0.200. The molecule has 0 aliphatic carbocycles. The number of carbonyl (C=O) groups is 1. The highest BCUT2D eigenvalue weighted by Gasteiger charge is 2.11. The van der Waals surface area contributed by atoms with Crippen LogP contribution in [0.1, 0.15) is 15.9 Å². The molecule has 2 aromatic rings. The van der Waals surface area contributed by atoms with Crippen LogP contribution in [0.25, 0.3) is 0 Å². The zero-order valence-electron chi connectivity index (χ0n) is 10.7. The highest BCUT2D eigenvalue weighted by atomic mass is 35.5. The first-order valence-electron chi connectivity index (χ1n) is 6.08. The van der Waals surface area contributed by atoms with E-state index in [1.807, 2.05) is 18.2 Å². The normalized spacial score (nSPS) is 10.2.